The molecule has 0 saturated heterocycles. The van der Waals surface area contributed by atoms with Crippen LogP contribution in [0.4, 0.5) is 0 Å². The number of aryl methyl sites for hydroxylation is 1. The van der Waals surface area contributed by atoms with Gasteiger partial charge in [-0.3, -0.25) is 0 Å². The van der Waals surface area contributed by atoms with Crippen LogP contribution >= 0.6 is 0 Å². The first-order chi connectivity index (χ1) is 11.4. The first-order valence-corrected chi connectivity index (χ1v) is 8.94. The van der Waals surface area contributed by atoms with Crippen LogP contribution in [0.3, 0.4) is 0 Å². The molecule has 132 valence electrons. The van der Waals surface area contributed by atoms with Crippen molar-refractivity contribution in [2.24, 2.45) is 0 Å². The Morgan fingerprint density at radius 1 is 0.826 bits per heavy atom. The van der Waals surface area contributed by atoms with Gasteiger partial charge in [-0.15, -0.1) is 0 Å². The summed E-state index contributed by atoms with van der Waals surface area (Å²) in [6.07, 6.45) is 10.5. The van der Waals surface area contributed by atoms with Crippen molar-refractivity contribution >= 4 is 0 Å². The van der Waals surface area contributed by atoms with E-state index in [0.717, 1.165) is 6.42 Å². The number of aliphatic hydroxyl groups excluding tert-OH is 1. The molecule has 1 rings (SSSR count). The van der Waals surface area contributed by atoms with Crippen LogP contribution in [-0.2, 0) is 16.0 Å². The minimum absolute atomic E-state index is 0.0288. The summed E-state index contributed by atoms with van der Waals surface area (Å²) < 4.78 is 5.07. The number of hydrogen-bond donors (Lipinski definition) is 1. The Morgan fingerprint density at radius 2 is 1.52 bits per heavy atom. The smallest absolute Gasteiger partial charge is 0.165 e. The van der Waals surface area contributed by atoms with Gasteiger partial charge in [0.05, 0.1) is 19.8 Å². The zero-order valence-electron chi connectivity index (χ0n) is 14.5. The van der Waals surface area contributed by atoms with E-state index in [4.69, 9.17) is 19.6 Å². The van der Waals surface area contributed by atoms with Crippen molar-refractivity contribution in [2.45, 2.75) is 58.3 Å². The van der Waals surface area contributed by atoms with E-state index in [-0.39, 0.29) is 6.61 Å². The zero-order valence-corrected chi connectivity index (χ0v) is 14.5. The first kappa shape index (κ1) is 19.9. The first-order valence-electron chi connectivity index (χ1n) is 8.94. The van der Waals surface area contributed by atoms with Gasteiger partial charge in [0, 0.05) is 0 Å². The number of unbranched alkanes of at least 4 members (excludes halogenated alkanes) is 6. The Labute approximate surface area is 140 Å². The molecule has 0 atom stereocenters. The molecule has 0 heterocycles. The van der Waals surface area contributed by atoms with Gasteiger partial charge in [-0.1, -0.05) is 57.6 Å². The standard InChI is InChI=1S/C19H32O4/c1-2-3-4-5-6-7-8-9-18-10-12-19(13-11-18)23-22-17-16-21-15-14-20/h10-13,20H,2-9,14-17H2,1H3. The van der Waals surface area contributed by atoms with Crippen LogP contribution in [0.15, 0.2) is 24.3 Å². The third kappa shape index (κ3) is 11.1. The summed E-state index contributed by atoms with van der Waals surface area (Å²) >= 11 is 0. The van der Waals surface area contributed by atoms with Crippen LogP contribution in [-0.4, -0.2) is 31.5 Å². The van der Waals surface area contributed by atoms with E-state index in [0.29, 0.717) is 25.6 Å². The van der Waals surface area contributed by atoms with E-state index in [1.165, 1.54) is 50.5 Å². The van der Waals surface area contributed by atoms with Crippen LogP contribution in [0.2, 0.25) is 0 Å². The molecule has 23 heavy (non-hydrogen) atoms. The summed E-state index contributed by atoms with van der Waals surface area (Å²) in [5, 5.41) is 8.56. The molecule has 0 aliphatic rings. The van der Waals surface area contributed by atoms with Crippen molar-refractivity contribution in [1.82, 2.24) is 0 Å². The maximum Gasteiger partial charge on any atom is 0.165 e. The van der Waals surface area contributed by atoms with Crippen LogP contribution in [0, 0.1) is 0 Å². The van der Waals surface area contributed by atoms with Gasteiger partial charge >= 0.3 is 0 Å². The van der Waals surface area contributed by atoms with E-state index in [1.54, 1.807) is 0 Å². The minimum atomic E-state index is 0.0288. The van der Waals surface area contributed by atoms with Crippen molar-refractivity contribution in [1.29, 1.82) is 0 Å². The highest BCUT2D eigenvalue weighted by Gasteiger charge is 1.98. The lowest BCUT2D eigenvalue weighted by Gasteiger charge is -2.06. The molecule has 1 N–H and O–H groups in total. The van der Waals surface area contributed by atoms with Gasteiger partial charge in [-0.2, -0.15) is 4.89 Å². The highest BCUT2D eigenvalue weighted by Crippen LogP contribution is 2.15. The molecule has 0 aliphatic carbocycles. The molecular weight excluding hydrogens is 292 g/mol. The normalized spacial score (nSPS) is 10.9. The Balaban J connectivity index is 2.04. The van der Waals surface area contributed by atoms with Gasteiger partial charge in [0.1, 0.15) is 6.61 Å². The number of benzene rings is 1. The van der Waals surface area contributed by atoms with Crippen molar-refractivity contribution in [3.63, 3.8) is 0 Å². The summed E-state index contributed by atoms with van der Waals surface area (Å²) in [5.74, 6) is 0.704. The lowest BCUT2D eigenvalue weighted by molar-refractivity contribution is -0.215. The second kappa shape index (κ2) is 14.5. The largest absolute Gasteiger partial charge is 0.394 e. The van der Waals surface area contributed by atoms with Gasteiger partial charge in [0.15, 0.2) is 5.75 Å². The van der Waals surface area contributed by atoms with Crippen LogP contribution in [0.25, 0.3) is 0 Å². The molecule has 0 aliphatic heterocycles. The topological polar surface area (TPSA) is 47.9 Å². The third-order valence-electron chi connectivity index (χ3n) is 3.69. The Kier molecular flexibility index (Phi) is 12.6. The molecule has 0 spiro atoms. The summed E-state index contributed by atoms with van der Waals surface area (Å²) in [5.41, 5.74) is 1.34. The number of rotatable bonds is 15. The Morgan fingerprint density at radius 3 is 2.22 bits per heavy atom. The van der Waals surface area contributed by atoms with E-state index in [1.807, 2.05) is 12.1 Å². The minimum Gasteiger partial charge on any atom is -0.394 e. The van der Waals surface area contributed by atoms with E-state index in [9.17, 15) is 0 Å². The molecule has 0 saturated carbocycles. The van der Waals surface area contributed by atoms with Gasteiger partial charge in [0.25, 0.3) is 0 Å². The fourth-order valence-electron chi connectivity index (χ4n) is 2.37. The Bertz CT molecular complexity index is 364. The van der Waals surface area contributed by atoms with E-state index >= 15 is 0 Å². The average molecular weight is 324 g/mol. The predicted molar refractivity (Wildman–Crippen MR) is 92.6 cm³/mol. The van der Waals surface area contributed by atoms with E-state index in [2.05, 4.69) is 19.1 Å². The molecule has 4 heteroatoms. The molecule has 1 aromatic rings. The van der Waals surface area contributed by atoms with Crippen molar-refractivity contribution in [3.05, 3.63) is 29.8 Å². The maximum atomic E-state index is 8.56. The molecule has 0 amide bonds. The molecule has 4 nitrogen and oxygen atoms in total. The highest BCUT2D eigenvalue weighted by atomic mass is 17.2. The monoisotopic (exact) mass is 324 g/mol. The SMILES string of the molecule is CCCCCCCCCc1ccc(OOCCOCCO)cc1. The predicted octanol–water partition coefficient (Wildman–Crippen LogP) is 4.30. The maximum absolute atomic E-state index is 8.56. The highest BCUT2D eigenvalue weighted by molar-refractivity contribution is 5.26. The number of ether oxygens (including phenoxy) is 1. The van der Waals surface area contributed by atoms with Gasteiger partial charge in [-0.05, 0) is 30.5 Å². The summed E-state index contributed by atoms with van der Waals surface area (Å²) in [6.45, 7) is 3.37. The summed E-state index contributed by atoms with van der Waals surface area (Å²) in [7, 11) is 0. The van der Waals surface area contributed by atoms with Crippen molar-refractivity contribution in [3.8, 4) is 5.75 Å². The van der Waals surface area contributed by atoms with Gasteiger partial charge < -0.3 is 14.7 Å². The second-order valence-corrected chi connectivity index (χ2v) is 5.76. The van der Waals surface area contributed by atoms with Gasteiger partial charge in [-0.25, -0.2) is 0 Å². The quantitative estimate of drug-likeness (QED) is 0.297. The molecular formula is C19H32O4. The summed E-state index contributed by atoms with van der Waals surface area (Å²) in [4.78, 5) is 10.2. The molecule has 0 fully saturated rings. The van der Waals surface area contributed by atoms with Gasteiger partial charge in [0.2, 0.25) is 0 Å². The van der Waals surface area contributed by atoms with Crippen LogP contribution in [0.5, 0.6) is 5.75 Å². The summed E-state index contributed by atoms with van der Waals surface area (Å²) in [6, 6.07) is 8.06. The fraction of sp³-hybridized carbons (Fsp3) is 0.684. The second-order valence-electron chi connectivity index (χ2n) is 5.76. The lowest BCUT2D eigenvalue weighted by atomic mass is 10.0. The molecule has 0 radical (unpaired) electrons. The molecule has 0 aromatic heterocycles. The average Bonchev–Trinajstić information content (AvgIpc) is 2.58. The number of aliphatic hydroxyl groups is 1. The van der Waals surface area contributed by atoms with E-state index < -0.39 is 0 Å². The van der Waals surface area contributed by atoms with Crippen LogP contribution in [0.1, 0.15) is 57.4 Å². The molecule has 0 unspecified atom stereocenters. The fourth-order valence-corrected chi connectivity index (χ4v) is 2.37. The zero-order chi connectivity index (χ0) is 16.6. The Hall–Kier alpha value is -1.10. The van der Waals surface area contributed by atoms with Crippen LogP contribution < -0.4 is 4.89 Å². The molecule has 1 aromatic carbocycles. The number of hydrogen-bond acceptors (Lipinski definition) is 4. The van der Waals surface area contributed by atoms with Crippen molar-refractivity contribution in [2.75, 3.05) is 26.4 Å². The third-order valence-corrected chi connectivity index (χ3v) is 3.69. The van der Waals surface area contributed by atoms with Crippen molar-refractivity contribution < 1.29 is 19.6 Å². The molecule has 0 bridgehead atoms. The lowest BCUT2D eigenvalue weighted by Crippen LogP contribution is -2.09.